The molecular weight excluding hydrogens is 280 g/mol. The molecule has 1 aliphatic rings. The number of carbonyl (C=O) groups is 1. The van der Waals surface area contributed by atoms with Crippen LogP contribution in [0.5, 0.6) is 5.75 Å². The van der Waals surface area contributed by atoms with Gasteiger partial charge in [0, 0.05) is 31.9 Å². The smallest absolute Gasteiger partial charge is 0.407 e. The van der Waals surface area contributed by atoms with Crippen molar-refractivity contribution in [1.29, 1.82) is 0 Å². The molecule has 3 N–H and O–H groups in total. The Kier molecular flexibility index (Phi) is 5.92. The summed E-state index contributed by atoms with van der Waals surface area (Å²) in [6.07, 6.45) is 4.86. The third-order valence-electron chi connectivity index (χ3n) is 4.61. The van der Waals surface area contributed by atoms with E-state index in [1.54, 1.807) is 19.2 Å². The second-order valence-corrected chi connectivity index (χ2v) is 6.31. The molecular formula is C17H26N2O3. The molecule has 5 heteroatoms. The number of rotatable bonds is 6. The molecule has 2 rings (SSSR count). The average molecular weight is 306 g/mol. The van der Waals surface area contributed by atoms with Crippen molar-refractivity contribution in [3.05, 3.63) is 24.3 Å². The summed E-state index contributed by atoms with van der Waals surface area (Å²) in [4.78, 5) is 12.1. The van der Waals surface area contributed by atoms with Gasteiger partial charge in [-0.3, -0.25) is 0 Å². The van der Waals surface area contributed by atoms with Crippen LogP contribution in [0.2, 0.25) is 0 Å². The van der Waals surface area contributed by atoms with E-state index in [-0.39, 0.29) is 5.75 Å². The molecule has 0 aliphatic heterocycles. The summed E-state index contributed by atoms with van der Waals surface area (Å²) >= 11 is 0. The monoisotopic (exact) mass is 306 g/mol. The number of nitrogens with zero attached hydrogens (tertiary/aromatic N) is 1. The molecule has 0 spiro atoms. The van der Waals surface area contributed by atoms with E-state index in [0.717, 1.165) is 18.7 Å². The Morgan fingerprint density at radius 1 is 1.27 bits per heavy atom. The van der Waals surface area contributed by atoms with E-state index in [0.29, 0.717) is 18.4 Å². The molecule has 1 amide bonds. The normalized spacial score (nSPS) is 21.3. The molecule has 0 atom stereocenters. The van der Waals surface area contributed by atoms with Gasteiger partial charge in [0.1, 0.15) is 5.75 Å². The first-order valence-corrected chi connectivity index (χ1v) is 8.01. The Morgan fingerprint density at radius 2 is 1.95 bits per heavy atom. The van der Waals surface area contributed by atoms with E-state index in [9.17, 15) is 9.90 Å². The molecule has 1 aromatic carbocycles. The van der Waals surface area contributed by atoms with Crippen LogP contribution in [0, 0.1) is 11.8 Å². The molecule has 5 nitrogen and oxygen atoms in total. The highest BCUT2D eigenvalue weighted by molar-refractivity contribution is 5.64. The fourth-order valence-corrected chi connectivity index (χ4v) is 3.07. The van der Waals surface area contributed by atoms with E-state index in [1.165, 1.54) is 30.6 Å². The fraction of sp³-hybridized carbons (Fsp3) is 0.588. The third kappa shape index (κ3) is 5.13. The van der Waals surface area contributed by atoms with Gasteiger partial charge in [-0.2, -0.15) is 0 Å². The number of carboxylic acid groups (broad SMARTS) is 1. The Balaban J connectivity index is 1.66. The fourth-order valence-electron chi connectivity index (χ4n) is 3.07. The maximum atomic E-state index is 10.8. The lowest BCUT2D eigenvalue weighted by atomic mass is 9.80. The van der Waals surface area contributed by atoms with Gasteiger partial charge in [0.2, 0.25) is 0 Å². The van der Waals surface area contributed by atoms with Gasteiger partial charge in [-0.25, -0.2) is 4.79 Å². The zero-order chi connectivity index (χ0) is 15.9. The second-order valence-electron chi connectivity index (χ2n) is 6.31. The van der Waals surface area contributed by atoms with Crippen LogP contribution in [-0.2, 0) is 0 Å². The maximum absolute atomic E-state index is 10.8. The van der Waals surface area contributed by atoms with Crippen LogP contribution in [-0.4, -0.2) is 41.3 Å². The first-order chi connectivity index (χ1) is 10.5. The maximum Gasteiger partial charge on any atom is 0.407 e. The summed E-state index contributed by atoms with van der Waals surface area (Å²) in [6.45, 7) is 1.57. The highest BCUT2D eigenvalue weighted by atomic mass is 16.4. The lowest BCUT2D eigenvalue weighted by Gasteiger charge is -2.29. The van der Waals surface area contributed by atoms with Crippen LogP contribution in [0.4, 0.5) is 10.5 Å². The van der Waals surface area contributed by atoms with E-state index >= 15 is 0 Å². The van der Waals surface area contributed by atoms with Crippen LogP contribution in [0.3, 0.4) is 0 Å². The molecule has 1 fully saturated rings. The zero-order valence-electron chi connectivity index (χ0n) is 13.2. The molecule has 0 unspecified atom stereocenters. The van der Waals surface area contributed by atoms with E-state index < -0.39 is 6.09 Å². The van der Waals surface area contributed by atoms with Gasteiger partial charge in [0.05, 0.1) is 0 Å². The van der Waals surface area contributed by atoms with Gasteiger partial charge >= 0.3 is 6.09 Å². The van der Waals surface area contributed by atoms with Gasteiger partial charge in [-0.1, -0.05) is 18.9 Å². The van der Waals surface area contributed by atoms with Crippen molar-refractivity contribution in [2.75, 3.05) is 25.5 Å². The number of hydrogen-bond donors (Lipinski definition) is 3. The third-order valence-corrected chi connectivity index (χ3v) is 4.61. The van der Waals surface area contributed by atoms with Crippen molar-refractivity contribution in [3.63, 3.8) is 0 Å². The van der Waals surface area contributed by atoms with Crippen LogP contribution in [0.1, 0.15) is 32.1 Å². The molecule has 0 heterocycles. The Labute approximate surface area is 131 Å². The summed E-state index contributed by atoms with van der Waals surface area (Å²) < 4.78 is 0. The molecule has 1 aromatic rings. The van der Waals surface area contributed by atoms with Gasteiger partial charge in [-0.05, 0) is 43.2 Å². The topological polar surface area (TPSA) is 72.8 Å². The first kappa shape index (κ1) is 16.5. The molecule has 0 saturated heterocycles. The average Bonchev–Trinajstić information content (AvgIpc) is 2.51. The van der Waals surface area contributed by atoms with Crippen LogP contribution in [0.15, 0.2) is 24.3 Å². The van der Waals surface area contributed by atoms with E-state index in [2.05, 4.69) is 5.32 Å². The van der Waals surface area contributed by atoms with Gasteiger partial charge in [0.15, 0.2) is 0 Å². The number of amides is 1. The number of nitrogens with one attached hydrogen (secondary N) is 1. The minimum atomic E-state index is -0.844. The molecule has 0 bridgehead atoms. The molecule has 1 aliphatic carbocycles. The van der Waals surface area contributed by atoms with Crippen LogP contribution < -0.4 is 5.32 Å². The van der Waals surface area contributed by atoms with Crippen molar-refractivity contribution in [3.8, 4) is 5.75 Å². The zero-order valence-corrected chi connectivity index (χ0v) is 13.2. The highest BCUT2D eigenvalue weighted by Crippen LogP contribution is 2.31. The van der Waals surface area contributed by atoms with Crippen molar-refractivity contribution in [2.24, 2.45) is 11.8 Å². The first-order valence-electron chi connectivity index (χ1n) is 8.01. The molecule has 0 aromatic heterocycles. The highest BCUT2D eigenvalue weighted by Gasteiger charge is 2.21. The summed E-state index contributed by atoms with van der Waals surface area (Å²) in [5.41, 5.74) is 0.963. The van der Waals surface area contributed by atoms with Crippen LogP contribution in [0.25, 0.3) is 0 Å². The number of phenolic OH excluding ortho intramolecular Hbond substituents is 1. The number of benzene rings is 1. The summed E-state index contributed by atoms with van der Waals surface area (Å²) in [6, 6.07) is 7.22. The Bertz CT molecular complexity index is 485. The number of anilines is 1. The van der Waals surface area contributed by atoms with Crippen LogP contribution >= 0.6 is 0 Å². The van der Waals surface area contributed by atoms with Crippen molar-refractivity contribution in [2.45, 2.75) is 32.1 Å². The molecule has 0 radical (unpaired) electrons. The second kappa shape index (κ2) is 7.92. The molecule has 122 valence electrons. The summed E-state index contributed by atoms with van der Waals surface area (Å²) in [7, 11) is 1.63. The summed E-state index contributed by atoms with van der Waals surface area (Å²) in [5, 5.41) is 21.7. The largest absolute Gasteiger partial charge is 0.508 e. The minimum Gasteiger partial charge on any atom is -0.508 e. The standard InChI is InChI=1S/C17H26N2O3/c1-19(17(21)22)10-9-13-5-7-14(8-6-13)12-18-15-3-2-4-16(20)11-15/h2-4,11,13-14,18,20H,5-10,12H2,1H3,(H,21,22). The quantitative estimate of drug-likeness (QED) is 0.750. The van der Waals surface area contributed by atoms with Crippen molar-refractivity contribution in [1.82, 2.24) is 4.90 Å². The predicted molar refractivity (Wildman–Crippen MR) is 87.3 cm³/mol. The lowest BCUT2D eigenvalue weighted by molar-refractivity contribution is 0.150. The van der Waals surface area contributed by atoms with E-state index in [4.69, 9.17) is 5.11 Å². The minimum absolute atomic E-state index is 0.288. The van der Waals surface area contributed by atoms with E-state index in [1.807, 2.05) is 12.1 Å². The Hall–Kier alpha value is -1.91. The van der Waals surface area contributed by atoms with Crippen molar-refractivity contribution < 1.29 is 15.0 Å². The summed E-state index contributed by atoms with van der Waals surface area (Å²) in [5.74, 6) is 1.60. The Morgan fingerprint density at radius 3 is 2.59 bits per heavy atom. The number of aromatic hydroxyl groups is 1. The van der Waals surface area contributed by atoms with Crippen molar-refractivity contribution >= 4 is 11.8 Å². The molecule has 1 saturated carbocycles. The number of phenols is 1. The predicted octanol–water partition coefficient (Wildman–Crippen LogP) is 3.61. The van der Waals surface area contributed by atoms with Gasteiger partial charge in [0.25, 0.3) is 0 Å². The molecule has 22 heavy (non-hydrogen) atoms. The lowest BCUT2D eigenvalue weighted by Crippen LogP contribution is -2.28. The van der Waals surface area contributed by atoms with Gasteiger partial charge in [-0.15, -0.1) is 0 Å². The van der Waals surface area contributed by atoms with Gasteiger partial charge < -0.3 is 20.4 Å². The SMILES string of the molecule is CN(CCC1CCC(CNc2cccc(O)c2)CC1)C(=O)O. The number of hydrogen-bond acceptors (Lipinski definition) is 3.